The second-order valence-corrected chi connectivity index (χ2v) is 9.03. The van der Waals surface area contributed by atoms with Crippen molar-refractivity contribution in [2.24, 2.45) is 5.10 Å². The van der Waals surface area contributed by atoms with E-state index in [1.54, 1.807) is 72.4 Å². The zero-order valence-electron chi connectivity index (χ0n) is 18.1. The van der Waals surface area contributed by atoms with E-state index in [1.165, 1.54) is 6.21 Å². The van der Waals surface area contributed by atoms with E-state index in [0.717, 1.165) is 21.8 Å². The number of H-pyrrole nitrogens is 1. The van der Waals surface area contributed by atoms with Crippen LogP contribution in [0.15, 0.2) is 83.1 Å². The molecule has 0 aliphatic carbocycles. The predicted molar refractivity (Wildman–Crippen MR) is 130 cm³/mol. The molecule has 0 saturated heterocycles. The number of imidazole rings is 1. The van der Waals surface area contributed by atoms with Crippen molar-refractivity contribution in [3.05, 3.63) is 89.5 Å². The number of nitrogens with zero attached hydrogens (tertiary/aromatic N) is 2. The van der Waals surface area contributed by atoms with Crippen LogP contribution in [0.5, 0.6) is 5.75 Å². The van der Waals surface area contributed by atoms with E-state index >= 15 is 0 Å². The van der Waals surface area contributed by atoms with Crippen LogP contribution in [0.1, 0.15) is 40.1 Å². The standard InChI is InChI=1S/C25H22N4O3S/c1-16(2)33-25-27-21-13-10-19(14-22(21)28-25)23(30)29-26-15-17-8-11-20(12-9-17)32-24(31)18-6-4-3-5-7-18/h3-16H,1-2H3,(H,27,28)(H,29,30)/b26-15-. The molecule has 2 N–H and O–H groups in total. The number of carbonyl (C=O) groups excluding carboxylic acids is 2. The molecule has 0 fully saturated rings. The summed E-state index contributed by atoms with van der Waals surface area (Å²) >= 11 is 1.63. The van der Waals surface area contributed by atoms with Gasteiger partial charge in [-0.05, 0) is 60.2 Å². The minimum atomic E-state index is -0.423. The molecule has 0 aliphatic heterocycles. The van der Waals surface area contributed by atoms with Crippen LogP contribution in [-0.2, 0) is 0 Å². The Kier molecular flexibility index (Phi) is 6.85. The van der Waals surface area contributed by atoms with Gasteiger partial charge in [-0.25, -0.2) is 15.2 Å². The largest absolute Gasteiger partial charge is 0.423 e. The fourth-order valence-corrected chi connectivity index (χ4v) is 3.77. The summed E-state index contributed by atoms with van der Waals surface area (Å²) in [6.07, 6.45) is 1.52. The van der Waals surface area contributed by atoms with Gasteiger partial charge in [-0.2, -0.15) is 5.10 Å². The van der Waals surface area contributed by atoms with Crippen molar-refractivity contribution in [1.82, 2.24) is 15.4 Å². The zero-order valence-corrected chi connectivity index (χ0v) is 18.9. The lowest BCUT2D eigenvalue weighted by Crippen LogP contribution is -2.17. The molecule has 33 heavy (non-hydrogen) atoms. The Morgan fingerprint density at radius 3 is 2.52 bits per heavy atom. The maximum Gasteiger partial charge on any atom is 0.343 e. The number of ether oxygens (including phenoxy) is 1. The number of hydrogen-bond donors (Lipinski definition) is 2. The second kappa shape index (κ2) is 10.1. The highest BCUT2D eigenvalue weighted by Gasteiger charge is 2.10. The molecule has 0 atom stereocenters. The van der Waals surface area contributed by atoms with E-state index in [2.05, 4.69) is 34.3 Å². The van der Waals surface area contributed by atoms with Gasteiger partial charge >= 0.3 is 5.97 Å². The SMILES string of the molecule is CC(C)Sc1nc2ccc(C(=O)N/N=C\c3ccc(OC(=O)c4ccccc4)cc3)cc2[nH]1. The third-order valence-electron chi connectivity index (χ3n) is 4.55. The van der Waals surface area contributed by atoms with Crippen LogP contribution in [0.25, 0.3) is 11.0 Å². The molecule has 166 valence electrons. The lowest BCUT2D eigenvalue weighted by molar-refractivity contribution is 0.0734. The Bertz CT molecular complexity index is 1300. The van der Waals surface area contributed by atoms with Gasteiger partial charge in [0.1, 0.15) is 5.75 Å². The predicted octanol–water partition coefficient (Wildman–Crippen LogP) is 5.05. The van der Waals surface area contributed by atoms with Gasteiger partial charge < -0.3 is 9.72 Å². The van der Waals surface area contributed by atoms with Crippen LogP contribution in [0.2, 0.25) is 0 Å². The van der Waals surface area contributed by atoms with Gasteiger partial charge in [0.25, 0.3) is 5.91 Å². The molecular formula is C25H22N4O3S. The van der Waals surface area contributed by atoms with E-state index in [1.807, 2.05) is 12.1 Å². The molecule has 1 amide bonds. The first-order valence-corrected chi connectivity index (χ1v) is 11.2. The lowest BCUT2D eigenvalue weighted by atomic mass is 10.2. The number of aromatic nitrogens is 2. The molecule has 7 nitrogen and oxygen atoms in total. The van der Waals surface area contributed by atoms with Crippen molar-refractivity contribution in [1.29, 1.82) is 0 Å². The summed E-state index contributed by atoms with van der Waals surface area (Å²) in [5, 5.41) is 5.26. The monoisotopic (exact) mass is 458 g/mol. The number of hydrogen-bond acceptors (Lipinski definition) is 6. The smallest absolute Gasteiger partial charge is 0.343 e. The molecule has 1 aromatic heterocycles. The van der Waals surface area contributed by atoms with E-state index in [0.29, 0.717) is 22.1 Å². The van der Waals surface area contributed by atoms with Crippen molar-refractivity contribution in [3.8, 4) is 5.75 Å². The number of fused-ring (bicyclic) bond motifs is 1. The van der Waals surface area contributed by atoms with Crippen molar-refractivity contribution < 1.29 is 14.3 Å². The lowest BCUT2D eigenvalue weighted by Gasteiger charge is -2.04. The van der Waals surface area contributed by atoms with Crippen LogP contribution in [0.3, 0.4) is 0 Å². The Balaban J connectivity index is 1.34. The van der Waals surface area contributed by atoms with Crippen molar-refractivity contribution in [2.45, 2.75) is 24.3 Å². The molecule has 3 aromatic carbocycles. The number of esters is 1. The molecule has 0 radical (unpaired) electrons. The Morgan fingerprint density at radius 1 is 1.03 bits per heavy atom. The van der Waals surface area contributed by atoms with Crippen molar-refractivity contribution in [2.75, 3.05) is 0 Å². The topological polar surface area (TPSA) is 96.4 Å². The van der Waals surface area contributed by atoms with Crippen LogP contribution < -0.4 is 10.2 Å². The van der Waals surface area contributed by atoms with Crippen LogP contribution in [0.4, 0.5) is 0 Å². The van der Waals surface area contributed by atoms with E-state index in [4.69, 9.17) is 4.74 Å². The van der Waals surface area contributed by atoms with Crippen LogP contribution in [-0.4, -0.2) is 33.3 Å². The summed E-state index contributed by atoms with van der Waals surface area (Å²) in [6.45, 7) is 4.19. The maximum atomic E-state index is 12.5. The fraction of sp³-hybridized carbons (Fsp3) is 0.120. The number of carbonyl (C=O) groups is 2. The highest BCUT2D eigenvalue weighted by Crippen LogP contribution is 2.23. The van der Waals surface area contributed by atoms with Gasteiger partial charge in [0.2, 0.25) is 0 Å². The third-order valence-corrected chi connectivity index (χ3v) is 5.44. The van der Waals surface area contributed by atoms with Gasteiger partial charge in [-0.15, -0.1) is 0 Å². The number of hydrazone groups is 1. The molecular weight excluding hydrogens is 436 g/mol. The van der Waals surface area contributed by atoms with Crippen molar-refractivity contribution >= 4 is 40.9 Å². The number of thioether (sulfide) groups is 1. The van der Waals surface area contributed by atoms with Crippen LogP contribution >= 0.6 is 11.8 Å². The minimum Gasteiger partial charge on any atom is -0.423 e. The first-order chi connectivity index (χ1) is 16.0. The van der Waals surface area contributed by atoms with Gasteiger partial charge in [-0.1, -0.05) is 43.8 Å². The highest BCUT2D eigenvalue weighted by atomic mass is 32.2. The molecule has 4 rings (SSSR count). The Labute approximate surface area is 195 Å². The van der Waals surface area contributed by atoms with Gasteiger partial charge in [0.15, 0.2) is 5.16 Å². The molecule has 0 saturated carbocycles. The first-order valence-electron chi connectivity index (χ1n) is 10.3. The van der Waals surface area contributed by atoms with Crippen LogP contribution in [0, 0.1) is 0 Å². The number of nitrogens with one attached hydrogen (secondary N) is 2. The quantitative estimate of drug-likeness (QED) is 0.133. The van der Waals surface area contributed by atoms with Gasteiger partial charge in [0.05, 0.1) is 22.8 Å². The van der Waals surface area contributed by atoms with E-state index in [-0.39, 0.29) is 5.91 Å². The molecule has 0 spiro atoms. The number of amides is 1. The third kappa shape index (κ3) is 5.87. The average Bonchev–Trinajstić information content (AvgIpc) is 3.21. The van der Waals surface area contributed by atoms with Gasteiger partial charge in [0, 0.05) is 10.8 Å². The Hall–Kier alpha value is -3.91. The van der Waals surface area contributed by atoms with E-state index in [9.17, 15) is 9.59 Å². The Morgan fingerprint density at radius 2 is 1.79 bits per heavy atom. The summed E-state index contributed by atoms with van der Waals surface area (Å²) in [5.41, 5.74) is 5.84. The zero-order chi connectivity index (χ0) is 23.2. The normalized spacial score (nSPS) is 11.2. The maximum absolute atomic E-state index is 12.5. The number of benzene rings is 3. The molecule has 8 heteroatoms. The summed E-state index contributed by atoms with van der Waals surface area (Å²) < 4.78 is 5.35. The minimum absolute atomic E-state index is 0.325. The summed E-state index contributed by atoms with van der Waals surface area (Å²) in [4.78, 5) is 32.3. The van der Waals surface area contributed by atoms with Gasteiger partial charge in [-0.3, -0.25) is 4.79 Å². The highest BCUT2D eigenvalue weighted by molar-refractivity contribution is 7.99. The number of aromatic amines is 1. The molecule has 1 heterocycles. The van der Waals surface area contributed by atoms with Crippen molar-refractivity contribution in [3.63, 3.8) is 0 Å². The summed E-state index contributed by atoms with van der Waals surface area (Å²) in [6, 6.07) is 20.9. The molecule has 0 aliphatic rings. The first kappa shape index (κ1) is 22.3. The molecule has 4 aromatic rings. The number of rotatable bonds is 7. The fourth-order valence-electron chi connectivity index (χ4n) is 3.00. The van der Waals surface area contributed by atoms with E-state index < -0.39 is 5.97 Å². The molecule has 0 unspecified atom stereocenters. The second-order valence-electron chi connectivity index (χ2n) is 7.46. The summed E-state index contributed by atoms with van der Waals surface area (Å²) in [7, 11) is 0. The average molecular weight is 459 g/mol. The summed E-state index contributed by atoms with van der Waals surface area (Å²) in [5.74, 6) is -0.324. The molecule has 0 bridgehead atoms.